The highest BCUT2D eigenvalue weighted by Gasteiger charge is 2.30. The number of benzene rings is 1. The number of carbonyl (C=O) groups is 2. The molecule has 1 aliphatic rings. The van der Waals surface area contributed by atoms with Crippen LogP contribution in [0.4, 0.5) is 17.5 Å². The van der Waals surface area contributed by atoms with E-state index in [-0.39, 0.29) is 29.6 Å². The number of primary amides is 1. The minimum atomic E-state index is -0.682. The van der Waals surface area contributed by atoms with Gasteiger partial charge in [-0.05, 0) is 0 Å². The number of aromatic nitrogens is 3. The van der Waals surface area contributed by atoms with Crippen LogP contribution in [0, 0.1) is 17.2 Å². The third-order valence-corrected chi connectivity index (χ3v) is 5.50. The van der Waals surface area contributed by atoms with Crippen molar-refractivity contribution in [3.63, 3.8) is 0 Å². The van der Waals surface area contributed by atoms with Crippen molar-refractivity contribution in [3.8, 4) is 17.6 Å². The molecule has 4 rings (SSSR count). The van der Waals surface area contributed by atoms with E-state index in [0.717, 1.165) is 0 Å². The maximum Gasteiger partial charge on any atom is 0.256 e. The Bertz CT molecular complexity index is 1250. The minimum Gasteiger partial charge on any atom is -0.497 e. The van der Waals surface area contributed by atoms with E-state index in [0.29, 0.717) is 48.4 Å². The van der Waals surface area contributed by atoms with E-state index in [1.807, 2.05) is 6.07 Å². The number of hydrogen-bond donors (Lipinski definition) is 3. The monoisotopic (exact) mass is 464 g/mol. The first kappa shape index (κ1) is 22.7. The lowest BCUT2D eigenvalue weighted by Gasteiger charge is -2.39. The maximum atomic E-state index is 12.3. The average Bonchev–Trinajstić information content (AvgIpc) is 3.27. The Balaban J connectivity index is 1.60. The lowest BCUT2D eigenvalue weighted by atomic mass is 10.00. The Hall–Kier alpha value is -4.53. The van der Waals surface area contributed by atoms with Crippen molar-refractivity contribution in [1.82, 2.24) is 19.3 Å². The number of carbonyl (C=O) groups excluding carboxylic acids is 2. The van der Waals surface area contributed by atoms with Crippen molar-refractivity contribution in [1.29, 1.82) is 5.26 Å². The molecule has 0 aliphatic carbocycles. The van der Waals surface area contributed by atoms with Crippen LogP contribution >= 0.6 is 0 Å². The predicted molar refractivity (Wildman–Crippen MR) is 123 cm³/mol. The first-order chi connectivity index (χ1) is 16.4. The second-order valence-corrected chi connectivity index (χ2v) is 7.75. The SMILES string of the molecule is COc1cc(Nc2nc(NCC3CN(C(=O)CC#N)C3)n3ccnc3c2C(N)=O)cc(OC)c1. The van der Waals surface area contributed by atoms with Crippen molar-refractivity contribution < 1.29 is 19.1 Å². The first-order valence-corrected chi connectivity index (χ1v) is 10.5. The molecular formula is C22H24N8O4. The number of nitrogens with one attached hydrogen (secondary N) is 2. The molecule has 0 radical (unpaired) electrons. The van der Waals surface area contributed by atoms with E-state index >= 15 is 0 Å². The van der Waals surface area contributed by atoms with Crippen LogP contribution in [0.5, 0.6) is 11.5 Å². The van der Waals surface area contributed by atoms with E-state index in [1.54, 1.807) is 54.1 Å². The van der Waals surface area contributed by atoms with Crippen molar-refractivity contribution in [2.75, 3.05) is 44.5 Å². The highest BCUT2D eigenvalue weighted by atomic mass is 16.5. The number of amides is 2. The zero-order valence-electron chi connectivity index (χ0n) is 18.7. The lowest BCUT2D eigenvalue weighted by molar-refractivity contribution is -0.136. The van der Waals surface area contributed by atoms with Crippen LogP contribution in [0.25, 0.3) is 5.65 Å². The number of ether oxygens (including phenoxy) is 2. The molecule has 3 heterocycles. The molecule has 1 aliphatic heterocycles. The molecule has 1 aromatic carbocycles. The predicted octanol–water partition coefficient (Wildman–Crippen LogP) is 1.37. The number of anilines is 3. The quantitative estimate of drug-likeness (QED) is 0.425. The molecule has 0 unspecified atom stereocenters. The van der Waals surface area contributed by atoms with Gasteiger partial charge in [0.25, 0.3) is 5.91 Å². The van der Waals surface area contributed by atoms with Crippen molar-refractivity contribution in [3.05, 3.63) is 36.2 Å². The first-order valence-electron chi connectivity index (χ1n) is 10.5. The van der Waals surface area contributed by atoms with Gasteiger partial charge in [-0.2, -0.15) is 10.2 Å². The molecule has 0 bridgehead atoms. The molecule has 0 spiro atoms. The van der Waals surface area contributed by atoms with Gasteiger partial charge in [0.1, 0.15) is 23.5 Å². The van der Waals surface area contributed by atoms with E-state index in [2.05, 4.69) is 20.6 Å². The number of rotatable bonds is 9. The van der Waals surface area contributed by atoms with Crippen LogP contribution in [0.3, 0.4) is 0 Å². The molecule has 0 saturated carbocycles. The molecule has 1 fully saturated rings. The minimum absolute atomic E-state index is 0.115. The van der Waals surface area contributed by atoms with Gasteiger partial charge in [0.05, 0.1) is 20.3 Å². The van der Waals surface area contributed by atoms with Crippen LogP contribution in [0.2, 0.25) is 0 Å². The summed E-state index contributed by atoms with van der Waals surface area (Å²) in [5.74, 6) is 1.16. The second kappa shape index (κ2) is 9.53. The van der Waals surface area contributed by atoms with Gasteiger partial charge in [-0.15, -0.1) is 0 Å². The molecule has 34 heavy (non-hydrogen) atoms. The number of fused-ring (bicyclic) bond motifs is 1. The summed E-state index contributed by atoms with van der Waals surface area (Å²) < 4.78 is 12.3. The highest BCUT2D eigenvalue weighted by molar-refractivity contribution is 6.04. The fourth-order valence-electron chi connectivity index (χ4n) is 3.76. The summed E-state index contributed by atoms with van der Waals surface area (Å²) in [6.07, 6.45) is 3.12. The van der Waals surface area contributed by atoms with E-state index < -0.39 is 5.91 Å². The summed E-state index contributed by atoms with van der Waals surface area (Å²) in [5, 5.41) is 15.1. The van der Waals surface area contributed by atoms with E-state index in [1.165, 1.54) is 0 Å². The van der Waals surface area contributed by atoms with Crippen LogP contribution < -0.4 is 25.8 Å². The summed E-state index contributed by atoms with van der Waals surface area (Å²) in [7, 11) is 3.08. The van der Waals surface area contributed by atoms with Crippen molar-refractivity contribution >= 4 is 34.9 Å². The molecule has 176 valence electrons. The Morgan fingerprint density at radius 1 is 1.24 bits per heavy atom. The number of nitrogens with two attached hydrogens (primary N) is 1. The average molecular weight is 464 g/mol. The zero-order chi connectivity index (χ0) is 24.2. The Kier molecular flexibility index (Phi) is 6.35. The molecular weight excluding hydrogens is 440 g/mol. The summed E-state index contributed by atoms with van der Waals surface area (Å²) in [5.41, 5.74) is 6.74. The summed E-state index contributed by atoms with van der Waals surface area (Å²) >= 11 is 0. The molecule has 2 aromatic heterocycles. The van der Waals surface area contributed by atoms with Crippen molar-refractivity contribution in [2.45, 2.75) is 6.42 Å². The van der Waals surface area contributed by atoms with Gasteiger partial charge >= 0.3 is 0 Å². The zero-order valence-corrected chi connectivity index (χ0v) is 18.7. The van der Waals surface area contributed by atoms with Gasteiger partial charge in [-0.3, -0.25) is 14.0 Å². The molecule has 3 aromatic rings. The molecule has 4 N–H and O–H groups in total. The Morgan fingerprint density at radius 2 is 1.94 bits per heavy atom. The summed E-state index contributed by atoms with van der Waals surface area (Å²) in [6.45, 7) is 1.67. The molecule has 2 amide bonds. The Morgan fingerprint density at radius 3 is 2.56 bits per heavy atom. The fraction of sp³-hybridized carbons (Fsp3) is 0.318. The van der Waals surface area contributed by atoms with Crippen LogP contribution in [0.15, 0.2) is 30.6 Å². The second-order valence-electron chi connectivity index (χ2n) is 7.75. The normalized spacial score (nSPS) is 13.1. The number of hydrogen-bond acceptors (Lipinski definition) is 9. The van der Waals surface area contributed by atoms with E-state index in [9.17, 15) is 9.59 Å². The highest BCUT2D eigenvalue weighted by Crippen LogP contribution is 2.30. The lowest BCUT2D eigenvalue weighted by Crippen LogP contribution is -2.52. The smallest absolute Gasteiger partial charge is 0.256 e. The van der Waals surface area contributed by atoms with Crippen LogP contribution in [-0.4, -0.2) is 64.9 Å². The van der Waals surface area contributed by atoms with Gasteiger partial charge in [-0.25, -0.2) is 4.98 Å². The largest absolute Gasteiger partial charge is 0.497 e. The number of methoxy groups -OCH3 is 2. The van der Waals surface area contributed by atoms with Crippen molar-refractivity contribution in [2.24, 2.45) is 11.7 Å². The molecule has 12 heteroatoms. The standard InChI is InChI=1S/C22H24N8O4/c1-33-15-7-14(8-16(9-15)34-2)27-20-18(19(24)32)21-25-5-6-30(21)22(28-20)26-10-13-11-29(12-13)17(31)3-4-23/h5-9,13,27H,3,10-12H2,1-2H3,(H2,24,32)(H,26,28). The van der Waals surface area contributed by atoms with Gasteiger partial charge in [-0.1, -0.05) is 0 Å². The third kappa shape index (κ3) is 4.49. The maximum absolute atomic E-state index is 12.3. The fourth-order valence-corrected chi connectivity index (χ4v) is 3.76. The van der Waals surface area contributed by atoms with Gasteiger partial charge < -0.3 is 30.7 Å². The van der Waals surface area contributed by atoms with Crippen LogP contribution in [-0.2, 0) is 4.79 Å². The van der Waals surface area contributed by atoms with Gasteiger partial charge in [0.2, 0.25) is 11.9 Å². The number of likely N-dealkylation sites (tertiary alicyclic amines) is 1. The van der Waals surface area contributed by atoms with E-state index in [4.69, 9.17) is 20.5 Å². The van der Waals surface area contributed by atoms with Gasteiger partial charge in [0.15, 0.2) is 11.5 Å². The number of nitriles is 1. The molecule has 12 nitrogen and oxygen atoms in total. The van der Waals surface area contributed by atoms with Gasteiger partial charge in [0, 0.05) is 61.8 Å². The summed E-state index contributed by atoms with van der Waals surface area (Å²) in [6, 6.07) is 7.07. The number of imidazole rings is 1. The third-order valence-electron chi connectivity index (χ3n) is 5.50. The Labute approximate surface area is 195 Å². The summed E-state index contributed by atoms with van der Waals surface area (Å²) in [4.78, 5) is 34.7. The topological polar surface area (TPSA) is 160 Å². The molecule has 1 saturated heterocycles. The number of nitrogens with zero attached hydrogens (tertiary/aromatic N) is 5. The molecule has 0 atom stereocenters. The van der Waals surface area contributed by atoms with Crippen LogP contribution in [0.1, 0.15) is 16.8 Å².